The first-order valence-electron chi connectivity index (χ1n) is 8.32. The van der Waals surface area contributed by atoms with Gasteiger partial charge < -0.3 is 14.2 Å². The summed E-state index contributed by atoms with van der Waals surface area (Å²) in [5, 5.41) is 3.79. The van der Waals surface area contributed by atoms with Gasteiger partial charge in [0.2, 0.25) is 11.8 Å². The Balaban J connectivity index is 1.56. The van der Waals surface area contributed by atoms with E-state index in [0.717, 1.165) is 25.9 Å². The van der Waals surface area contributed by atoms with Gasteiger partial charge in [0.25, 0.3) is 0 Å². The number of methoxy groups -OCH3 is 1. The Morgan fingerprint density at radius 3 is 2.62 bits per heavy atom. The maximum Gasteiger partial charge on any atom is 0.230 e. The van der Waals surface area contributed by atoms with E-state index in [1.807, 2.05) is 23.1 Å². The third-order valence-electron chi connectivity index (χ3n) is 4.58. The van der Waals surface area contributed by atoms with Crippen LogP contribution in [0, 0.1) is 12.8 Å². The maximum atomic E-state index is 12.4. The van der Waals surface area contributed by atoms with Crippen LogP contribution in [0.25, 0.3) is 0 Å². The van der Waals surface area contributed by atoms with Crippen molar-refractivity contribution in [3.8, 4) is 0 Å². The Labute approximate surface area is 141 Å². The molecular formula is C18H23N3O3. The highest BCUT2D eigenvalue weighted by atomic mass is 16.5. The summed E-state index contributed by atoms with van der Waals surface area (Å²) in [6, 6.07) is 10.3. The molecule has 1 aromatic carbocycles. The molecule has 0 aliphatic carbocycles. The number of amides is 1. The second-order valence-corrected chi connectivity index (χ2v) is 6.19. The Morgan fingerprint density at radius 1 is 1.33 bits per heavy atom. The lowest BCUT2D eigenvalue weighted by Crippen LogP contribution is -2.40. The largest absolute Gasteiger partial charge is 0.376 e. The minimum atomic E-state index is 0.0583. The quantitative estimate of drug-likeness (QED) is 0.843. The van der Waals surface area contributed by atoms with E-state index in [2.05, 4.69) is 22.3 Å². The van der Waals surface area contributed by atoms with Crippen LogP contribution in [-0.2, 0) is 16.0 Å². The molecule has 24 heavy (non-hydrogen) atoms. The summed E-state index contributed by atoms with van der Waals surface area (Å²) in [6.45, 7) is 3.21. The van der Waals surface area contributed by atoms with Crippen molar-refractivity contribution in [1.29, 1.82) is 0 Å². The third-order valence-corrected chi connectivity index (χ3v) is 4.58. The van der Waals surface area contributed by atoms with Gasteiger partial charge in [-0.2, -0.15) is 4.98 Å². The van der Waals surface area contributed by atoms with Crippen LogP contribution in [-0.4, -0.2) is 41.1 Å². The van der Waals surface area contributed by atoms with Crippen LogP contribution in [0.2, 0.25) is 0 Å². The van der Waals surface area contributed by atoms with Crippen molar-refractivity contribution >= 4 is 5.91 Å². The first-order chi connectivity index (χ1) is 11.7. The van der Waals surface area contributed by atoms with Gasteiger partial charge in [-0.05, 0) is 24.3 Å². The molecule has 128 valence electrons. The van der Waals surface area contributed by atoms with Gasteiger partial charge in [0.05, 0.1) is 12.5 Å². The van der Waals surface area contributed by atoms with Crippen molar-refractivity contribution in [2.75, 3.05) is 20.2 Å². The molecule has 2 aromatic rings. The van der Waals surface area contributed by atoms with Crippen LogP contribution >= 0.6 is 0 Å². The molecule has 3 rings (SSSR count). The average Bonchev–Trinajstić information content (AvgIpc) is 3.02. The summed E-state index contributed by atoms with van der Waals surface area (Å²) < 4.78 is 10.7. The molecule has 1 aromatic heterocycles. The predicted octanol–water partition coefficient (Wildman–Crippen LogP) is 2.55. The van der Waals surface area contributed by atoms with Gasteiger partial charge in [0.15, 0.2) is 5.82 Å². The van der Waals surface area contributed by atoms with Crippen molar-refractivity contribution in [3.63, 3.8) is 0 Å². The van der Waals surface area contributed by atoms with E-state index >= 15 is 0 Å². The summed E-state index contributed by atoms with van der Waals surface area (Å²) in [5.41, 5.74) is 1.20. The van der Waals surface area contributed by atoms with E-state index in [1.54, 1.807) is 14.0 Å². The first-order valence-corrected chi connectivity index (χ1v) is 8.32. The minimum absolute atomic E-state index is 0.0583. The fourth-order valence-electron chi connectivity index (χ4n) is 3.36. The smallest absolute Gasteiger partial charge is 0.230 e. The third kappa shape index (κ3) is 3.82. The summed E-state index contributed by atoms with van der Waals surface area (Å²) >= 11 is 0. The molecule has 1 amide bonds. The highest BCUT2D eigenvalue weighted by molar-refractivity contribution is 5.78. The Bertz CT molecular complexity index is 663. The predicted molar refractivity (Wildman–Crippen MR) is 88.2 cm³/mol. The normalized spacial score (nSPS) is 17.0. The SMILES string of the molecule is COC(c1ccccc1)C1CCN(C(=O)Cc2noc(C)n2)CC1. The monoisotopic (exact) mass is 329 g/mol. The van der Waals surface area contributed by atoms with Gasteiger partial charge in [-0.3, -0.25) is 4.79 Å². The van der Waals surface area contributed by atoms with E-state index in [4.69, 9.17) is 9.26 Å². The molecule has 0 radical (unpaired) electrons. The second kappa shape index (κ2) is 7.57. The minimum Gasteiger partial charge on any atom is -0.376 e. The van der Waals surface area contributed by atoms with Crippen LogP contribution in [0.5, 0.6) is 0 Å². The molecule has 2 heterocycles. The molecule has 1 fully saturated rings. The lowest BCUT2D eigenvalue weighted by molar-refractivity contribution is -0.132. The van der Waals surface area contributed by atoms with Crippen molar-refractivity contribution in [3.05, 3.63) is 47.6 Å². The van der Waals surface area contributed by atoms with Crippen LogP contribution < -0.4 is 0 Å². The Hall–Kier alpha value is -2.21. The van der Waals surface area contributed by atoms with E-state index < -0.39 is 0 Å². The number of rotatable bonds is 5. The summed E-state index contributed by atoms with van der Waals surface area (Å²) in [4.78, 5) is 18.4. The number of hydrogen-bond acceptors (Lipinski definition) is 5. The van der Waals surface area contributed by atoms with Crippen molar-refractivity contribution in [1.82, 2.24) is 15.0 Å². The molecule has 0 saturated carbocycles. The molecule has 0 spiro atoms. The number of nitrogens with zero attached hydrogens (tertiary/aromatic N) is 3. The van der Waals surface area contributed by atoms with Crippen LogP contribution in [0.1, 0.15) is 36.2 Å². The highest BCUT2D eigenvalue weighted by Gasteiger charge is 2.29. The van der Waals surface area contributed by atoms with Crippen LogP contribution in [0.15, 0.2) is 34.9 Å². The standard InChI is InChI=1S/C18H23N3O3/c1-13-19-16(20-24-13)12-17(22)21-10-8-15(9-11-21)18(23-2)14-6-4-3-5-7-14/h3-7,15,18H,8-12H2,1-2H3. The summed E-state index contributed by atoms with van der Waals surface area (Å²) in [5.74, 6) is 1.43. The number of carbonyl (C=O) groups excluding carboxylic acids is 1. The van der Waals surface area contributed by atoms with Crippen LogP contribution in [0.4, 0.5) is 0 Å². The van der Waals surface area contributed by atoms with Gasteiger partial charge in [-0.1, -0.05) is 35.5 Å². The van der Waals surface area contributed by atoms with Gasteiger partial charge in [0, 0.05) is 27.1 Å². The molecule has 0 N–H and O–H groups in total. The topological polar surface area (TPSA) is 68.5 Å². The number of benzene rings is 1. The molecule has 1 aliphatic rings. The number of aryl methyl sites for hydroxylation is 1. The van der Waals surface area contributed by atoms with E-state index in [1.165, 1.54) is 5.56 Å². The van der Waals surface area contributed by atoms with Crippen molar-refractivity contribution in [2.24, 2.45) is 5.92 Å². The zero-order valence-corrected chi connectivity index (χ0v) is 14.1. The molecule has 6 nitrogen and oxygen atoms in total. The van der Waals surface area contributed by atoms with Crippen molar-refractivity contribution < 1.29 is 14.1 Å². The molecule has 1 saturated heterocycles. The number of ether oxygens (including phenoxy) is 1. The Kier molecular flexibility index (Phi) is 5.25. The van der Waals surface area contributed by atoms with Crippen LogP contribution in [0.3, 0.4) is 0 Å². The zero-order valence-electron chi connectivity index (χ0n) is 14.1. The molecule has 0 bridgehead atoms. The van der Waals surface area contributed by atoms with Crippen molar-refractivity contribution in [2.45, 2.75) is 32.3 Å². The van der Waals surface area contributed by atoms with E-state index in [0.29, 0.717) is 17.6 Å². The average molecular weight is 329 g/mol. The molecule has 6 heteroatoms. The van der Waals surface area contributed by atoms with Gasteiger partial charge in [0.1, 0.15) is 0 Å². The fourth-order valence-corrected chi connectivity index (χ4v) is 3.36. The Morgan fingerprint density at radius 2 is 2.04 bits per heavy atom. The highest BCUT2D eigenvalue weighted by Crippen LogP contribution is 2.33. The maximum absolute atomic E-state index is 12.4. The lowest BCUT2D eigenvalue weighted by Gasteiger charge is -2.35. The fraction of sp³-hybridized carbons (Fsp3) is 0.500. The number of hydrogen-bond donors (Lipinski definition) is 0. The zero-order chi connectivity index (χ0) is 16.9. The van der Waals surface area contributed by atoms with E-state index in [-0.39, 0.29) is 18.4 Å². The van der Waals surface area contributed by atoms with Gasteiger partial charge in [-0.15, -0.1) is 0 Å². The van der Waals surface area contributed by atoms with E-state index in [9.17, 15) is 4.79 Å². The first kappa shape index (κ1) is 16.6. The van der Waals surface area contributed by atoms with Gasteiger partial charge >= 0.3 is 0 Å². The number of aromatic nitrogens is 2. The summed E-state index contributed by atoms with van der Waals surface area (Å²) in [7, 11) is 1.76. The molecular weight excluding hydrogens is 306 g/mol. The summed E-state index contributed by atoms with van der Waals surface area (Å²) in [6.07, 6.45) is 2.16. The van der Waals surface area contributed by atoms with Gasteiger partial charge in [-0.25, -0.2) is 0 Å². The number of likely N-dealkylation sites (tertiary alicyclic amines) is 1. The molecule has 1 aliphatic heterocycles. The number of piperidine rings is 1. The number of carbonyl (C=O) groups is 1. The molecule has 1 atom stereocenters. The molecule has 1 unspecified atom stereocenters. The second-order valence-electron chi connectivity index (χ2n) is 6.19. The lowest BCUT2D eigenvalue weighted by atomic mass is 9.87.